The molecule has 0 saturated carbocycles. The average molecular weight is 261 g/mol. The zero-order valence-corrected chi connectivity index (χ0v) is 10.4. The molecule has 0 aliphatic heterocycles. The summed E-state index contributed by atoms with van der Waals surface area (Å²) in [5, 5.41) is 0. The van der Waals surface area contributed by atoms with Crippen LogP contribution in [-0.2, 0) is 5.41 Å². The fourth-order valence-corrected chi connectivity index (χ4v) is 1.73. The number of ether oxygens (including phenoxy) is 1. The van der Waals surface area contributed by atoms with Gasteiger partial charge in [0.25, 0.3) is 0 Å². The highest BCUT2D eigenvalue weighted by molar-refractivity contribution is 9.10. The first-order valence-corrected chi connectivity index (χ1v) is 5.19. The first-order valence-electron chi connectivity index (χ1n) is 4.40. The van der Waals surface area contributed by atoms with Crippen LogP contribution in [0.2, 0.25) is 0 Å². The molecule has 0 fully saturated rings. The predicted octanol–water partition coefficient (Wildman–Crippen LogP) is 3.89. The van der Waals surface area contributed by atoms with Crippen LogP contribution in [-0.4, -0.2) is 7.11 Å². The van der Waals surface area contributed by atoms with Crippen LogP contribution in [0.1, 0.15) is 26.3 Å². The Morgan fingerprint density at radius 2 is 1.86 bits per heavy atom. The summed E-state index contributed by atoms with van der Waals surface area (Å²) in [6.45, 7) is 5.88. The first-order chi connectivity index (χ1) is 6.38. The standard InChI is InChI=1S/C11H14BrFO/c1-11(2,3)9-8(14-4)6-5-7(12)10(9)13/h5-6H,1-4H3. The summed E-state index contributed by atoms with van der Waals surface area (Å²) in [6, 6.07) is 3.43. The maximum absolute atomic E-state index is 13.8. The van der Waals surface area contributed by atoms with E-state index >= 15 is 0 Å². The van der Waals surface area contributed by atoms with Gasteiger partial charge in [-0.25, -0.2) is 4.39 Å². The van der Waals surface area contributed by atoms with E-state index in [-0.39, 0.29) is 11.2 Å². The molecule has 0 aliphatic rings. The van der Waals surface area contributed by atoms with Crippen molar-refractivity contribution in [2.24, 2.45) is 0 Å². The third-order valence-corrected chi connectivity index (χ3v) is 2.64. The number of methoxy groups -OCH3 is 1. The van der Waals surface area contributed by atoms with Crippen LogP contribution in [0.3, 0.4) is 0 Å². The van der Waals surface area contributed by atoms with Crippen molar-refractivity contribution in [2.45, 2.75) is 26.2 Å². The lowest BCUT2D eigenvalue weighted by Crippen LogP contribution is -2.15. The molecule has 0 spiro atoms. The Labute approximate surface area is 92.4 Å². The van der Waals surface area contributed by atoms with Crippen LogP contribution >= 0.6 is 15.9 Å². The Bertz CT molecular complexity index is 342. The van der Waals surface area contributed by atoms with Gasteiger partial charge in [-0.15, -0.1) is 0 Å². The van der Waals surface area contributed by atoms with Crippen molar-refractivity contribution in [3.63, 3.8) is 0 Å². The zero-order valence-electron chi connectivity index (χ0n) is 8.82. The van der Waals surface area contributed by atoms with Gasteiger partial charge in [-0.3, -0.25) is 0 Å². The molecule has 1 aromatic rings. The lowest BCUT2D eigenvalue weighted by Gasteiger charge is -2.23. The average Bonchev–Trinajstić information content (AvgIpc) is 2.07. The molecule has 1 aromatic carbocycles. The van der Waals surface area contributed by atoms with E-state index in [1.54, 1.807) is 19.2 Å². The number of rotatable bonds is 1. The fraction of sp³-hybridized carbons (Fsp3) is 0.455. The van der Waals surface area contributed by atoms with Crippen molar-refractivity contribution >= 4 is 15.9 Å². The van der Waals surface area contributed by atoms with E-state index in [0.29, 0.717) is 15.8 Å². The molecule has 0 heterocycles. The first kappa shape index (κ1) is 11.5. The summed E-state index contributed by atoms with van der Waals surface area (Å²) in [5.41, 5.74) is 0.341. The second-order valence-corrected chi connectivity index (χ2v) is 5.04. The summed E-state index contributed by atoms with van der Waals surface area (Å²) < 4.78 is 19.4. The molecule has 14 heavy (non-hydrogen) atoms. The highest BCUT2D eigenvalue weighted by atomic mass is 79.9. The van der Waals surface area contributed by atoms with Gasteiger partial charge in [0.05, 0.1) is 11.6 Å². The molecule has 1 rings (SSSR count). The largest absolute Gasteiger partial charge is 0.496 e. The van der Waals surface area contributed by atoms with Gasteiger partial charge in [-0.05, 0) is 33.5 Å². The van der Waals surface area contributed by atoms with Gasteiger partial charge in [0.15, 0.2) is 0 Å². The number of hydrogen-bond donors (Lipinski definition) is 0. The Morgan fingerprint density at radius 1 is 1.29 bits per heavy atom. The molecule has 1 nitrogen and oxygen atoms in total. The summed E-state index contributed by atoms with van der Waals surface area (Å²) in [5.74, 6) is 0.357. The van der Waals surface area contributed by atoms with Gasteiger partial charge >= 0.3 is 0 Å². The topological polar surface area (TPSA) is 9.23 Å². The van der Waals surface area contributed by atoms with Crippen LogP contribution in [0.5, 0.6) is 5.75 Å². The highest BCUT2D eigenvalue weighted by Crippen LogP contribution is 2.36. The maximum Gasteiger partial charge on any atom is 0.144 e. The van der Waals surface area contributed by atoms with Crippen molar-refractivity contribution in [2.75, 3.05) is 7.11 Å². The summed E-state index contributed by atoms with van der Waals surface area (Å²) >= 11 is 3.17. The molecular weight excluding hydrogens is 247 g/mol. The Kier molecular flexibility index (Phi) is 3.20. The Balaban J connectivity index is 3.44. The van der Waals surface area contributed by atoms with E-state index in [2.05, 4.69) is 15.9 Å². The zero-order chi connectivity index (χ0) is 10.9. The third kappa shape index (κ3) is 2.08. The molecule has 0 N–H and O–H groups in total. The van der Waals surface area contributed by atoms with Crippen LogP contribution in [0.25, 0.3) is 0 Å². The van der Waals surface area contributed by atoms with E-state index in [4.69, 9.17) is 4.74 Å². The molecule has 0 unspecified atom stereocenters. The van der Waals surface area contributed by atoms with Crippen molar-refractivity contribution in [1.82, 2.24) is 0 Å². The smallest absolute Gasteiger partial charge is 0.144 e. The molecule has 0 radical (unpaired) electrons. The normalized spacial score (nSPS) is 11.6. The van der Waals surface area contributed by atoms with E-state index in [1.807, 2.05) is 20.8 Å². The number of halogens is 2. The molecule has 0 aromatic heterocycles. The van der Waals surface area contributed by atoms with Crippen molar-refractivity contribution < 1.29 is 9.13 Å². The minimum atomic E-state index is -0.265. The quantitative estimate of drug-likeness (QED) is 0.745. The molecule has 0 aliphatic carbocycles. The molecule has 78 valence electrons. The van der Waals surface area contributed by atoms with Crippen LogP contribution in [0, 0.1) is 5.82 Å². The fourth-order valence-electron chi connectivity index (χ4n) is 1.40. The van der Waals surface area contributed by atoms with E-state index in [9.17, 15) is 4.39 Å². The predicted molar refractivity (Wildman–Crippen MR) is 59.4 cm³/mol. The van der Waals surface area contributed by atoms with Crippen molar-refractivity contribution in [3.8, 4) is 5.75 Å². The van der Waals surface area contributed by atoms with E-state index in [1.165, 1.54) is 0 Å². The van der Waals surface area contributed by atoms with Gasteiger partial charge in [0.1, 0.15) is 11.6 Å². The second-order valence-electron chi connectivity index (χ2n) is 4.19. The third-order valence-electron chi connectivity index (χ3n) is 2.03. The van der Waals surface area contributed by atoms with Gasteiger partial charge < -0.3 is 4.74 Å². The van der Waals surface area contributed by atoms with E-state index < -0.39 is 0 Å². The lowest BCUT2D eigenvalue weighted by molar-refractivity contribution is 0.387. The van der Waals surface area contributed by atoms with Crippen molar-refractivity contribution in [3.05, 3.63) is 28.0 Å². The Morgan fingerprint density at radius 3 is 2.29 bits per heavy atom. The summed E-state index contributed by atoms with van der Waals surface area (Å²) in [4.78, 5) is 0. The summed E-state index contributed by atoms with van der Waals surface area (Å²) in [6.07, 6.45) is 0. The molecule has 0 amide bonds. The van der Waals surface area contributed by atoms with Crippen LogP contribution in [0.15, 0.2) is 16.6 Å². The monoisotopic (exact) mass is 260 g/mol. The molecular formula is C11H14BrFO. The summed E-state index contributed by atoms with van der Waals surface area (Å²) in [7, 11) is 1.55. The number of hydrogen-bond acceptors (Lipinski definition) is 1. The lowest BCUT2D eigenvalue weighted by atomic mass is 9.86. The Hall–Kier alpha value is -0.570. The van der Waals surface area contributed by atoms with Gasteiger partial charge in [0.2, 0.25) is 0 Å². The van der Waals surface area contributed by atoms with Gasteiger partial charge in [-0.1, -0.05) is 20.8 Å². The molecule has 3 heteroatoms. The maximum atomic E-state index is 13.8. The van der Waals surface area contributed by atoms with Crippen LogP contribution in [0.4, 0.5) is 4.39 Å². The SMILES string of the molecule is COc1ccc(Br)c(F)c1C(C)(C)C. The molecule has 0 bridgehead atoms. The molecule has 0 atom stereocenters. The number of benzene rings is 1. The minimum absolute atomic E-state index is 0.239. The van der Waals surface area contributed by atoms with Gasteiger partial charge in [-0.2, -0.15) is 0 Å². The minimum Gasteiger partial charge on any atom is -0.496 e. The second kappa shape index (κ2) is 3.89. The van der Waals surface area contributed by atoms with Crippen molar-refractivity contribution in [1.29, 1.82) is 0 Å². The van der Waals surface area contributed by atoms with Gasteiger partial charge in [0, 0.05) is 5.56 Å². The van der Waals surface area contributed by atoms with Crippen LogP contribution < -0.4 is 4.74 Å². The molecule has 0 saturated heterocycles. The highest BCUT2D eigenvalue weighted by Gasteiger charge is 2.24. The van der Waals surface area contributed by atoms with E-state index in [0.717, 1.165) is 0 Å².